The van der Waals surface area contributed by atoms with Crippen LogP contribution in [-0.4, -0.2) is 55.8 Å². The van der Waals surface area contributed by atoms with Gasteiger partial charge < -0.3 is 34.8 Å². The van der Waals surface area contributed by atoms with Crippen LogP contribution in [0.4, 0.5) is 0 Å². The van der Waals surface area contributed by atoms with Gasteiger partial charge in [-0.15, -0.1) is 0 Å². The number of aromatic hydroxyl groups is 1. The minimum atomic E-state index is -0.910. The van der Waals surface area contributed by atoms with E-state index >= 15 is 0 Å². The first-order valence-corrected chi connectivity index (χ1v) is 14.0. The fourth-order valence-corrected chi connectivity index (χ4v) is 5.85. The van der Waals surface area contributed by atoms with Crippen LogP contribution in [0.15, 0.2) is 65.6 Å². The second kappa shape index (κ2) is 11.5. The average molecular weight is 556 g/mol. The molecule has 1 fully saturated rings. The van der Waals surface area contributed by atoms with E-state index in [0.717, 1.165) is 46.2 Å². The molecule has 0 radical (unpaired) electrons. The Balaban J connectivity index is 1.30. The van der Waals surface area contributed by atoms with Crippen LogP contribution in [0.5, 0.6) is 5.75 Å². The number of furan rings is 1. The lowest BCUT2D eigenvalue weighted by molar-refractivity contribution is -0.123. The van der Waals surface area contributed by atoms with Gasteiger partial charge in [0.25, 0.3) is 5.91 Å². The Morgan fingerprint density at radius 1 is 1.12 bits per heavy atom. The predicted octanol–water partition coefficient (Wildman–Crippen LogP) is 4.44. The summed E-state index contributed by atoms with van der Waals surface area (Å²) in [5, 5.41) is 25.5. The summed E-state index contributed by atoms with van der Waals surface area (Å²) in [6.45, 7) is -0.145. The number of aromatic amines is 1. The van der Waals surface area contributed by atoms with E-state index < -0.39 is 17.9 Å². The first-order valence-electron chi connectivity index (χ1n) is 14.0. The van der Waals surface area contributed by atoms with E-state index in [1.165, 1.54) is 19.3 Å². The SMILES string of the molecule is O=C(N[C@@H](Cc1c[nH]c2ccc(O)cc12)C(=O)NCCO)c1ccc2c(c1)nc(-c1ccoc1)n2C1CCCCC1. The molecular weight excluding hydrogens is 522 g/mol. The van der Waals surface area contributed by atoms with E-state index in [-0.39, 0.29) is 25.3 Å². The molecular formula is C31H33N5O5. The number of aliphatic hydroxyl groups is 1. The molecule has 10 nitrogen and oxygen atoms in total. The Hall–Kier alpha value is -4.57. The molecule has 0 saturated heterocycles. The van der Waals surface area contributed by atoms with Crippen molar-refractivity contribution in [3.05, 3.63) is 72.3 Å². The van der Waals surface area contributed by atoms with Gasteiger partial charge in [-0.2, -0.15) is 0 Å². The van der Waals surface area contributed by atoms with Crippen molar-refractivity contribution in [1.82, 2.24) is 25.2 Å². The Bertz CT molecular complexity index is 1680. The fraction of sp³-hybridized carbons (Fsp3) is 0.323. The zero-order chi connectivity index (χ0) is 28.3. The summed E-state index contributed by atoms with van der Waals surface area (Å²) in [7, 11) is 0. The van der Waals surface area contributed by atoms with Crippen molar-refractivity contribution >= 4 is 33.8 Å². The van der Waals surface area contributed by atoms with Gasteiger partial charge >= 0.3 is 0 Å². The van der Waals surface area contributed by atoms with E-state index in [1.807, 2.05) is 12.1 Å². The second-order valence-electron chi connectivity index (χ2n) is 10.6. The third kappa shape index (κ3) is 5.43. The number of aliphatic hydroxyl groups excluding tert-OH is 1. The minimum Gasteiger partial charge on any atom is -0.508 e. The van der Waals surface area contributed by atoms with Crippen LogP contribution >= 0.6 is 0 Å². The lowest BCUT2D eigenvalue weighted by atomic mass is 9.95. The molecule has 2 amide bonds. The molecule has 6 rings (SSSR count). The standard InChI is InChI=1S/C31H33N5O5/c37-12-11-32-31(40)27(15-21-17-33-25-8-7-23(38)16-24(21)25)35-30(39)19-6-9-28-26(14-19)34-29(20-10-13-41-18-20)36(28)22-4-2-1-3-5-22/h6-10,13-14,16-18,22,27,33,37-38H,1-5,11-12,15H2,(H,32,40)(H,35,39)/t27-/m0/s1. The highest BCUT2D eigenvalue weighted by molar-refractivity contribution is 6.00. The monoisotopic (exact) mass is 555 g/mol. The van der Waals surface area contributed by atoms with E-state index in [4.69, 9.17) is 9.40 Å². The topological polar surface area (TPSA) is 145 Å². The summed E-state index contributed by atoms with van der Waals surface area (Å²) in [5.74, 6) is 0.115. The number of benzene rings is 2. The average Bonchev–Trinajstić information content (AvgIpc) is 3.74. The molecule has 5 aromatic rings. The van der Waals surface area contributed by atoms with Crippen LogP contribution in [0.25, 0.3) is 33.3 Å². The maximum Gasteiger partial charge on any atom is 0.252 e. The molecule has 1 saturated carbocycles. The number of phenolic OH excluding ortho intramolecular Hbond substituents is 1. The van der Waals surface area contributed by atoms with Gasteiger partial charge in [0.05, 0.1) is 29.5 Å². The highest BCUT2D eigenvalue weighted by Crippen LogP contribution is 2.36. The van der Waals surface area contributed by atoms with Crippen molar-refractivity contribution in [3.8, 4) is 17.1 Å². The number of phenols is 1. The van der Waals surface area contributed by atoms with Crippen LogP contribution in [0.1, 0.15) is 54.1 Å². The van der Waals surface area contributed by atoms with Crippen molar-refractivity contribution in [1.29, 1.82) is 0 Å². The van der Waals surface area contributed by atoms with Crippen molar-refractivity contribution in [3.63, 3.8) is 0 Å². The van der Waals surface area contributed by atoms with Gasteiger partial charge in [0.2, 0.25) is 5.91 Å². The second-order valence-corrected chi connectivity index (χ2v) is 10.6. The number of hydrogen-bond acceptors (Lipinski definition) is 6. The first kappa shape index (κ1) is 26.6. The molecule has 10 heteroatoms. The Kier molecular flexibility index (Phi) is 7.47. The molecule has 2 aromatic carbocycles. The van der Waals surface area contributed by atoms with Crippen molar-refractivity contribution in [2.75, 3.05) is 13.2 Å². The highest BCUT2D eigenvalue weighted by atomic mass is 16.3. The molecule has 0 bridgehead atoms. The largest absolute Gasteiger partial charge is 0.508 e. The third-order valence-electron chi connectivity index (χ3n) is 7.88. The number of hydrogen-bond donors (Lipinski definition) is 5. The van der Waals surface area contributed by atoms with Gasteiger partial charge in [-0.3, -0.25) is 9.59 Å². The van der Waals surface area contributed by atoms with E-state index in [1.54, 1.807) is 49.1 Å². The van der Waals surface area contributed by atoms with E-state index in [0.29, 0.717) is 17.1 Å². The van der Waals surface area contributed by atoms with Crippen LogP contribution in [0.2, 0.25) is 0 Å². The van der Waals surface area contributed by atoms with Crippen molar-refractivity contribution < 1.29 is 24.2 Å². The number of H-pyrrole nitrogens is 1. The molecule has 0 spiro atoms. The molecule has 212 valence electrons. The van der Waals surface area contributed by atoms with Crippen molar-refractivity contribution in [2.24, 2.45) is 0 Å². The number of imidazole rings is 1. The number of aromatic nitrogens is 3. The summed E-state index contributed by atoms with van der Waals surface area (Å²) in [6, 6.07) is 11.7. The number of carbonyl (C=O) groups is 2. The molecule has 3 heterocycles. The summed E-state index contributed by atoms with van der Waals surface area (Å²) in [5.41, 5.74) is 4.52. The number of carbonyl (C=O) groups excluding carboxylic acids is 2. The summed E-state index contributed by atoms with van der Waals surface area (Å²) in [6.07, 6.45) is 11.0. The minimum absolute atomic E-state index is 0.0707. The normalized spacial score (nSPS) is 14.9. The fourth-order valence-electron chi connectivity index (χ4n) is 5.85. The van der Waals surface area contributed by atoms with Gasteiger partial charge in [0.1, 0.15) is 23.9 Å². The van der Waals surface area contributed by atoms with Gasteiger partial charge in [-0.05, 0) is 60.9 Å². The third-order valence-corrected chi connectivity index (χ3v) is 7.88. The molecule has 1 atom stereocenters. The molecule has 0 aliphatic heterocycles. The predicted molar refractivity (Wildman–Crippen MR) is 155 cm³/mol. The summed E-state index contributed by atoms with van der Waals surface area (Å²) in [4.78, 5) is 34.6. The zero-order valence-electron chi connectivity index (χ0n) is 22.6. The number of amides is 2. The highest BCUT2D eigenvalue weighted by Gasteiger charge is 2.26. The van der Waals surface area contributed by atoms with E-state index in [2.05, 4.69) is 20.2 Å². The van der Waals surface area contributed by atoms with Crippen LogP contribution in [0.3, 0.4) is 0 Å². The van der Waals surface area contributed by atoms with Gasteiger partial charge in [0.15, 0.2) is 0 Å². The number of nitrogens with one attached hydrogen (secondary N) is 3. The summed E-state index contributed by atoms with van der Waals surface area (Å²) >= 11 is 0. The molecule has 41 heavy (non-hydrogen) atoms. The van der Waals surface area contributed by atoms with Gasteiger partial charge in [0, 0.05) is 41.7 Å². The van der Waals surface area contributed by atoms with Crippen LogP contribution < -0.4 is 10.6 Å². The van der Waals surface area contributed by atoms with Crippen LogP contribution in [0, 0.1) is 0 Å². The van der Waals surface area contributed by atoms with Crippen molar-refractivity contribution in [2.45, 2.75) is 50.6 Å². The lowest BCUT2D eigenvalue weighted by Gasteiger charge is -2.25. The summed E-state index contributed by atoms with van der Waals surface area (Å²) < 4.78 is 7.63. The molecule has 0 unspecified atom stereocenters. The molecule has 3 aromatic heterocycles. The number of fused-ring (bicyclic) bond motifs is 2. The lowest BCUT2D eigenvalue weighted by Crippen LogP contribution is -2.48. The number of rotatable bonds is 9. The Morgan fingerprint density at radius 3 is 2.76 bits per heavy atom. The first-order chi connectivity index (χ1) is 20.0. The maximum absolute atomic E-state index is 13.5. The smallest absolute Gasteiger partial charge is 0.252 e. The quantitative estimate of drug-likeness (QED) is 0.182. The molecule has 1 aliphatic carbocycles. The van der Waals surface area contributed by atoms with Gasteiger partial charge in [-0.25, -0.2) is 4.98 Å². The Morgan fingerprint density at radius 2 is 1.98 bits per heavy atom. The maximum atomic E-state index is 13.5. The van der Waals surface area contributed by atoms with E-state index in [9.17, 15) is 19.8 Å². The zero-order valence-corrected chi connectivity index (χ0v) is 22.6. The van der Waals surface area contributed by atoms with Gasteiger partial charge in [-0.1, -0.05) is 19.3 Å². The molecule has 5 N–H and O–H groups in total. The Labute approximate surface area is 236 Å². The number of nitrogens with zero attached hydrogens (tertiary/aromatic N) is 2. The molecule has 1 aliphatic rings. The van der Waals surface area contributed by atoms with Crippen LogP contribution in [-0.2, 0) is 11.2 Å².